The molecule has 1 amide bonds. The number of H-pyrrole nitrogens is 1. The van der Waals surface area contributed by atoms with Gasteiger partial charge in [0.05, 0.1) is 22.3 Å². The first-order chi connectivity index (χ1) is 30.3. The predicted molar refractivity (Wildman–Crippen MR) is 251 cm³/mol. The summed E-state index contributed by atoms with van der Waals surface area (Å²) in [4.78, 5) is 26.4. The predicted octanol–water partition coefficient (Wildman–Crippen LogP) is 10.4. The normalized spacial score (nSPS) is 21.8. The lowest BCUT2D eigenvalue weighted by atomic mass is 9.72. The first kappa shape index (κ1) is 43.4. The Bertz CT molecular complexity index is 2600. The van der Waals surface area contributed by atoms with Gasteiger partial charge in [-0.05, 0) is 147 Å². The molecule has 2 aliphatic carbocycles. The van der Waals surface area contributed by atoms with Crippen LogP contribution in [0.15, 0.2) is 95.7 Å². The Hall–Kier alpha value is -4.88. The minimum absolute atomic E-state index is 0.0175. The SMILES string of the molecule is Cc1cc(S(=O)(=O)NC(=O)c2ccc(N3CCN(CC4=C(c5ccc(Cl)cc5)CC(C)(C)CC4)CC3)cc2Oc2cnc3[nH]ccc3c2)ccc1NCC1CCC2(CCCO2)CC1. The third kappa shape index (κ3) is 9.94. The lowest BCUT2D eigenvalue weighted by Gasteiger charge is -2.39. The number of allylic oxidation sites excluding steroid dienone is 1. The molecule has 2 aliphatic heterocycles. The minimum atomic E-state index is -4.22. The number of rotatable bonds is 12. The highest BCUT2D eigenvalue weighted by Gasteiger charge is 2.39. The fraction of sp³-hybridized carbons (Fsp3) is 0.440. The van der Waals surface area contributed by atoms with Crippen molar-refractivity contribution in [2.24, 2.45) is 11.3 Å². The summed E-state index contributed by atoms with van der Waals surface area (Å²) in [7, 11) is -4.22. The zero-order chi connectivity index (χ0) is 43.8. The van der Waals surface area contributed by atoms with Crippen molar-refractivity contribution in [1.29, 1.82) is 0 Å². The van der Waals surface area contributed by atoms with Crippen LogP contribution in [-0.2, 0) is 14.8 Å². The third-order valence-corrected chi connectivity index (χ3v) is 15.4. The lowest BCUT2D eigenvalue weighted by Crippen LogP contribution is -2.47. The van der Waals surface area contributed by atoms with Crippen molar-refractivity contribution in [3.63, 3.8) is 0 Å². The van der Waals surface area contributed by atoms with Crippen molar-refractivity contribution in [2.75, 3.05) is 56.1 Å². The Morgan fingerprint density at radius 3 is 2.51 bits per heavy atom. The number of ether oxygens (including phenoxy) is 2. The molecule has 5 aromatic rings. The van der Waals surface area contributed by atoms with Crippen molar-refractivity contribution in [3.05, 3.63) is 112 Å². The van der Waals surface area contributed by atoms with E-state index >= 15 is 0 Å². The van der Waals surface area contributed by atoms with E-state index in [-0.39, 0.29) is 27.2 Å². The van der Waals surface area contributed by atoms with Gasteiger partial charge in [-0.3, -0.25) is 9.69 Å². The smallest absolute Gasteiger partial charge is 0.268 e. The van der Waals surface area contributed by atoms with Crippen LogP contribution in [0.1, 0.15) is 93.1 Å². The minimum Gasteiger partial charge on any atom is -0.455 e. The van der Waals surface area contributed by atoms with E-state index in [1.807, 2.05) is 43.3 Å². The van der Waals surface area contributed by atoms with Crippen LogP contribution in [0.5, 0.6) is 11.5 Å². The topological polar surface area (TPSA) is 129 Å². The van der Waals surface area contributed by atoms with E-state index in [9.17, 15) is 13.2 Å². The molecule has 2 aromatic heterocycles. The number of aromatic nitrogens is 2. The largest absolute Gasteiger partial charge is 0.455 e. The van der Waals surface area contributed by atoms with Gasteiger partial charge in [0.25, 0.3) is 15.9 Å². The van der Waals surface area contributed by atoms with Gasteiger partial charge < -0.3 is 24.7 Å². The second kappa shape index (κ2) is 17.9. The van der Waals surface area contributed by atoms with Gasteiger partial charge in [-0.15, -0.1) is 0 Å². The van der Waals surface area contributed by atoms with E-state index in [4.69, 9.17) is 21.1 Å². The van der Waals surface area contributed by atoms with Crippen LogP contribution in [0.4, 0.5) is 11.4 Å². The molecule has 0 unspecified atom stereocenters. The van der Waals surface area contributed by atoms with Gasteiger partial charge in [0.2, 0.25) is 0 Å². The molecule has 4 aliphatic rings. The second-order valence-electron chi connectivity index (χ2n) is 18.9. The van der Waals surface area contributed by atoms with Crippen LogP contribution in [0.3, 0.4) is 0 Å². The summed E-state index contributed by atoms with van der Waals surface area (Å²) in [5.41, 5.74) is 7.93. The highest BCUT2D eigenvalue weighted by Crippen LogP contribution is 2.44. The number of carbonyl (C=O) groups excluding carboxylic acids is 1. The fourth-order valence-electron chi connectivity index (χ4n) is 10.0. The number of aromatic amines is 1. The first-order valence-electron chi connectivity index (χ1n) is 22.6. The van der Waals surface area contributed by atoms with Crippen molar-refractivity contribution >= 4 is 55.5 Å². The second-order valence-corrected chi connectivity index (χ2v) is 21.1. The van der Waals surface area contributed by atoms with E-state index in [1.54, 1.807) is 36.7 Å². The van der Waals surface area contributed by atoms with Gasteiger partial charge in [-0.2, -0.15) is 0 Å². The molecule has 3 fully saturated rings. The number of piperazine rings is 1. The van der Waals surface area contributed by atoms with E-state index in [2.05, 4.69) is 55.8 Å². The van der Waals surface area contributed by atoms with Crippen molar-refractivity contribution in [2.45, 2.75) is 89.1 Å². The number of benzene rings is 3. The molecule has 63 heavy (non-hydrogen) atoms. The quantitative estimate of drug-likeness (QED) is 0.112. The van der Waals surface area contributed by atoms with Crippen molar-refractivity contribution < 1.29 is 22.7 Å². The molecule has 0 atom stereocenters. The maximum absolute atomic E-state index is 14.0. The number of fused-ring (bicyclic) bond motifs is 1. The molecule has 3 N–H and O–H groups in total. The van der Waals surface area contributed by atoms with Crippen LogP contribution in [0.25, 0.3) is 16.6 Å². The summed E-state index contributed by atoms with van der Waals surface area (Å²) in [6.45, 7) is 12.5. The van der Waals surface area contributed by atoms with E-state index in [0.717, 1.165) is 125 Å². The van der Waals surface area contributed by atoms with E-state index in [1.165, 1.54) is 23.1 Å². The number of hydrogen-bond donors (Lipinski definition) is 3. The van der Waals surface area contributed by atoms with Gasteiger partial charge in [0.15, 0.2) is 0 Å². The molecule has 11 nitrogen and oxygen atoms in total. The average Bonchev–Trinajstić information content (AvgIpc) is 3.94. The average molecular weight is 892 g/mol. The Balaban J connectivity index is 0.886. The summed E-state index contributed by atoms with van der Waals surface area (Å²) in [5, 5.41) is 5.15. The molecular weight excluding hydrogens is 832 g/mol. The number of anilines is 2. The number of pyridine rings is 1. The van der Waals surface area contributed by atoms with Crippen LogP contribution in [0.2, 0.25) is 5.02 Å². The molecule has 13 heteroatoms. The molecule has 0 bridgehead atoms. The van der Waals surface area contributed by atoms with Gasteiger partial charge >= 0.3 is 0 Å². The maximum atomic E-state index is 14.0. The standard InChI is InChI=1S/C50H59ClN6O5S/c1-34-27-42(10-12-45(34)53-31-35-13-19-50(20-14-35)17-4-26-61-50)63(59,60)55-48(58)43-11-9-40(29-46(43)62-41-28-37-16-21-52-47(37)54-32-41)57-24-22-56(23-25-57)33-38-15-18-49(2,3)30-44(38)36-5-7-39(51)8-6-36/h5-12,16,21,27-29,32,35,53H,4,13-15,17-20,22-26,30-31,33H2,1-3H3,(H,52,54)(H,55,58). The first-order valence-corrected chi connectivity index (χ1v) is 24.4. The van der Waals surface area contributed by atoms with Crippen LogP contribution < -0.4 is 19.7 Å². The molecule has 332 valence electrons. The number of carbonyl (C=O) groups is 1. The number of halogens is 1. The Morgan fingerprint density at radius 1 is 0.968 bits per heavy atom. The van der Waals surface area contributed by atoms with Crippen LogP contribution >= 0.6 is 11.6 Å². The number of nitrogens with zero attached hydrogens (tertiary/aromatic N) is 3. The molecule has 2 saturated heterocycles. The van der Waals surface area contributed by atoms with Crippen LogP contribution in [0, 0.1) is 18.3 Å². The molecule has 9 rings (SSSR count). The molecule has 0 radical (unpaired) electrons. The molecule has 1 saturated carbocycles. The summed E-state index contributed by atoms with van der Waals surface area (Å²) < 4.78 is 42.4. The van der Waals surface area contributed by atoms with Crippen molar-refractivity contribution in [1.82, 2.24) is 19.6 Å². The molecule has 4 heterocycles. The van der Waals surface area contributed by atoms with Crippen molar-refractivity contribution in [3.8, 4) is 11.5 Å². The molecular formula is C50H59ClN6O5S. The number of nitrogens with one attached hydrogen (secondary N) is 3. The number of aryl methyl sites for hydroxylation is 1. The zero-order valence-corrected chi connectivity index (χ0v) is 38.2. The monoisotopic (exact) mass is 890 g/mol. The highest BCUT2D eigenvalue weighted by atomic mass is 35.5. The van der Waals surface area contributed by atoms with Gasteiger partial charge in [-0.25, -0.2) is 18.1 Å². The maximum Gasteiger partial charge on any atom is 0.268 e. The highest BCUT2D eigenvalue weighted by molar-refractivity contribution is 7.90. The summed E-state index contributed by atoms with van der Waals surface area (Å²) in [5.74, 6) is 0.436. The Morgan fingerprint density at radius 2 is 1.76 bits per heavy atom. The number of hydrogen-bond acceptors (Lipinski definition) is 9. The fourth-order valence-corrected chi connectivity index (χ4v) is 11.2. The Kier molecular flexibility index (Phi) is 12.4. The van der Waals surface area contributed by atoms with E-state index in [0.29, 0.717) is 17.3 Å². The lowest BCUT2D eigenvalue weighted by molar-refractivity contribution is -0.0334. The molecule has 1 spiro atoms. The molecule has 3 aromatic carbocycles. The van der Waals surface area contributed by atoms with Gasteiger partial charge in [-0.1, -0.05) is 43.2 Å². The summed E-state index contributed by atoms with van der Waals surface area (Å²) in [6.07, 6.45) is 13.5. The number of amides is 1. The Labute approximate surface area is 376 Å². The zero-order valence-electron chi connectivity index (χ0n) is 36.6. The summed E-state index contributed by atoms with van der Waals surface area (Å²) >= 11 is 6.26. The van der Waals surface area contributed by atoms with Gasteiger partial charge in [0.1, 0.15) is 17.1 Å². The van der Waals surface area contributed by atoms with E-state index < -0.39 is 15.9 Å². The van der Waals surface area contributed by atoms with Crippen LogP contribution in [-0.4, -0.2) is 80.7 Å². The summed E-state index contributed by atoms with van der Waals surface area (Å²) in [6, 6.07) is 22.3. The third-order valence-electron chi connectivity index (χ3n) is 13.9. The van der Waals surface area contributed by atoms with Gasteiger partial charge in [0, 0.05) is 79.9 Å². The number of sulfonamides is 1.